The molecule has 3 N–H and O–H groups in total. The number of carbonyl (C=O) groups is 2. The zero-order chi connectivity index (χ0) is 23.8. The van der Waals surface area contributed by atoms with E-state index in [1.807, 2.05) is 11.1 Å². The summed E-state index contributed by atoms with van der Waals surface area (Å²) in [7, 11) is 0. The van der Waals surface area contributed by atoms with Gasteiger partial charge in [-0.15, -0.1) is 0 Å². The highest BCUT2D eigenvalue weighted by Crippen LogP contribution is 2.51. The second-order valence-corrected chi connectivity index (χ2v) is 10.5. The topological polar surface area (TPSA) is 81.7 Å². The van der Waals surface area contributed by atoms with Crippen molar-refractivity contribution in [3.8, 4) is 0 Å². The van der Waals surface area contributed by atoms with Crippen LogP contribution >= 0.6 is 0 Å². The van der Waals surface area contributed by atoms with E-state index in [0.717, 1.165) is 38.2 Å². The van der Waals surface area contributed by atoms with Crippen LogP contribution in [0.2, 0.25) is 0 Å². The van der Waals surface area contributed by atoms with Crippen molar-refractivity contribution < 1.29 is 14.7 Å². The van der Waals surface area contributed by atoms with Crippen LogP contribution in [-0.2, 0) is 17.3 Å². The molecule has 0 atom stereocenters. The lowest BCUT2D eigenvalue weighted by Gasteiger charge is -2.28. The van der Waals surface area contributed by atoms with Gasteiger partial charge in [-0.05, 0) is 46.4 Å². The summed E-state index contributed by atoms with van der Waals surface area (Å²) in [4.78, 5) is 26.9. The number of hydrazine groups is 1. The first-order valence-corrected chi connectivity index (χ1v) is 11.8. The maximum atomic E-state index is 13.8. The third kappa shape index (κ3) is 4.47. The third-order valence-electron chi connectivity index (χ3n) is 7.00. The Morgan fingerprint density at radius 1 is 0.970 bits per heavy atom. The Balaban J connectivity index is 1.75. The lowest BCUT2D eigenvalue weighted by atomic mass is 9.79. The van der Waals surface area contributed by atoms with Gasteiger partial charge in [0.15, 0.2) is 5.78 Å². The molecule has 2 aromatic carbocycles. The minimum Gasteiger partial charge on any atom is -0.396 e. The minimum atomic E-state index is -0.271. The van der Waals surface area contributed by atoms with Gasteiger partial charge < -0.3 is 10.4 Å². The zero-order valence-electron chi connectivity index (χ0n) is 20.1. The van der Waals surface area contributed by atoms with Gasteiger partial charge in [0.2, 0.25) is 0 Å². The van der Waals surface area contributed by atoms with Crippen molar-refractivity contribution in [2.75, 3.05) is 32.8 Å². The molecule has 1 amide bonds. The summed E-state index contributed by atoms with van der Waals surface area (Å²) >= 11 is 0. The Labute approximate surface area is 196 Å². The van der Waals surface area contributed by atoms with Crippen LogP contribution < -0.4 is 10.7 Å². The Morgan fingerprint density at radius 2 is 1.64 bits per heavy atom. The number of hydrogen-bond donors (Lipinski definition) is 3. The summed E-state index contributed by atoms with van der Waals surface area (Å²) in [6, 6.07) is 11.0. The molecule has 0 spiro atoms. The van der Waals surface area contributed by atoms with Gasteiger partial charge in [0, 0.05) is 43.9 Å². The van der Waals surface area contributed by atoms with E-state index in [-0.39, 0.29) is 29.1 Å². The quantitative estimate of drug-likeness (QED) is 0.591. The molecule has 0 bridgehead atoms. The number of carbonyl (C=O) groups excluding carboxylic acids is 2. The van der Waals surface area contributed by atoms with Crippen LogP contribution in [0.5, 0.6) is 0 Å². The number of nitrogens with one attached hydrogen (secondary N) is 2. The molecule has 2 aromatic rings. The van der Waals surface area contributed by atoms with Gasteiger partial charge in [0.1, 0.15) is 0 Å². The molecule has 0 radical (unpaired) electrons. The molecule has 4 rings (SSSR count). The van der Waals surface area contributed by atoms with Crippen LogP contribution in [0, 0.1) is 0 Å². The van der Waals surface area contributed by atoms with Gasteiger partial charge in [0.25, 0.3) is 5.91 Å². The van der Waals surface area contributed by atoms with Gasteiger partial charge in [-0.25, -0.2) is 5.01 Å². The highest BCUT2D eigenvalue weighted by atomic mass is 16.3. The Hall–Kier alpha value is -2.54. The Bertz CT molecular complexity index is 1070. The van der Waals surface area contributed by atoms with E-state index in [9.17, 15) is 14.7 Å². The van der Waals surface area contributed by atoms with Crippen LogP contribution in [0.1, 0.15) is 77.1 Å². The third-order valence-corrected chi connectivity index (χ3v) is 7.00. The van der Waals surface area contributed by atoms with Gasteiger partial charge in [-0.3, -0.25) is 15.0 Å². The summed E-state index contributed by atoms with van der Waals surface area (Å²) in [5, 5.41) is 15.0. The molecule has 1 aliphatic heterocycles. The zero-order valence-corrected chi connectivity index (χ0v) is 20.1. The van der Waals surface area contributed by atoms with Crippen molar-refractivity contribution in [1.82, 2.24) is 15.8 Å². The molecule has 1 saturated heterocycles. The van der Waals surface area contributed by atoms with Crippen molar-refractivity contribution in [1.29, 1.82) is 0 Å². The predicted molar refractivity (Wildman–Crippen MR) is 130 cm³/mol. The summed E-state index contributed by atoms with van der Waals surface area (Å²) in [6.07, 6.45) is 1.40. The molecule has 0 aromatic heterocycles. The first-order chi connectivity index (χ1) is 15.7. The van der Waals surface area contributed by atoms with Crippen molar-refractivity contribution >= 4 is 11.7 Å². The van der Waals surface area contributed by atoms with Crippen molar-refractivity contribution in [3.05, 3.63) is 69.8 Å². The van der Waals surface area contributed by atoms with Crippen LogP contribution in [0.3, 0.4) is 0 Å². The van der Waals surface area contributed by atoms with Crippen molar-refractivity contribution in [2.45, 2.75) is 51.4 Å². The monoisotopic (exact) mass is 449 g/mol. The number of hydrogen-bond acceptors (Lipinski definition) is 5. The lowest BCUT2D eigenvalue weighted by Crippen LogP contribution is -2.52. The summed E-state index contributed by atoms with van der Waals surface area (Å²) in [5.74, 6) is -0.444. The van der Waals surface area contributed by atoms with Gasteiger partial charge >= 0.3 is 0 Å². The number of aliphatic hydroxyl groups excluding tert-OH is 1. The number of benzene rings is 2. The van der Waals surface area contributed by atoms with Crippen LogP contribution in [-0.4, -0.2) is 54.6 Å². The number of amides is 1. The number of piperazine rings is 1. The Kier molecular flexibility index (Phi) is 6.45. The molecule has 6 heteroatoms. The number of fused-ring (bicyclic) bond motifs is 1. The predicted octanol–water partition coefficient (Wildman–Crippen LogP) is 2.96. The molecule has 1 aliphatic carbocycles. The van der Waals surface area contributed by atoms with Gasteiger partial charge in [0.05, 0.1) is 5.56 Å². The number of aliphatic hydroxyl groups is 1. The number of rotatable bonds is 6. The average molecular weight is 450 g/mol. The molecule has 0 saturated carbocycles. The highest BCUT2D eigenvalue weighted by Gasteiger charge is 2.44. The van der Waals surface area contributed by atoms with E-state index in [2.05, 4.69) is 44.5 Å². The highest BCUT2D eigenvalue weighted by molar-refractivity contribution is 6.16. The summed E-state index contributed by atoms with van der Waals surface area (Å²) < 4.78 is 0. The SMILES string of the molecule is CC1(C)CC(C)(C)c2c1ccc(C(=O)c1ccccc1C(=O)NN1CCNCC1)c2CCO. The number of ketones is 1. The first kappa shape index (κ1) is 23.6. The normalized spacial score (nSPS) is 19.2. The fourth-order valence-electron chi connectivity index (χ4n) is 5.86. The summed E-state index contributed by atoms with van der Waals surface area (Å²) in [6.45, 7) is 11.9. The van der Waals surface area contributed by atoms with Crippen molar-refractivity contribution in [3.63, 3.8) is 0 Å². The standard InChI is InChI=1S/C27H35N3O3/c1-26(2)17-27(3,4)23-18(11-16-31)20(9-10-22(23)26)24(32)19-7-5-6-8-21(19)25(33)29-30-14-12-28-13-15-30/h5-10,28,31H,11-17H2,1-4H3,(H,29,33). The second-order valence-electron chi connectivity index (χ2n) is 10.5. The smallest absolute Gasteiger partial charge is 0.266 e. The molecule has 6 nitrogen and oxygen atoms in total. The second kappa shape index (κ2) is 9.01. The summed E-state index contributed by atoms with van der Waals surface area (Å²) in [5.41, 5.74) is 7.53. The van der Waals surface area contributed by atoms with E-state index in [1.165, 1.54) is 11.1 Å². The molecule has 33 heavy (non-hydrogen) atoms. The van der Waals surface area contributed by atoms with E-state index in [0.29, 0.717) is 23.1 Å². The van der Waals surface area contributed by atoms with E-state index < -0.39 is 0 Å². The molecule has 0 unspecified atom stereocenters. The lowest BCUT2D eigenvalue weighted by molar-refractivity contribution is 0.0760. The minimum absolute atomic E-state index is 0.00566. The average Bonchev–Trinajstić information content (AvgIpc) is 2.98. The van der Waals surface area contributed by atoms with Crippen molar-refractivity contribution in [2.24, 2.45) is 0 Å². The maximum absolute atomic E-state index is 13.8. The van der Waals surface area contributed by atoms with Gasteiger partial charge in [-0.2, -0.15) is 0 Å². The van der Waals surface area contributed by atoms with Gasteiger partial charge in [-0.1, -0.05) is 58.0 Å². The molecule has 1 fully saturated rings. The number of nitrogens with zero attached hydrogens (tertiary/aromatic N) is 1. The van der Waals surface area contributed by atoms with Crippen LogP contribution in [0.4, 0.5) is 0 Å². The largest absolute Gasteiger partial charge is 0.396 e. The molecular formula is C27H35N3O3. The maximum Gasteiger partial charge on any atom is 0.266 e. The Morgan fingerprint density at radius 3 is 2.30 bits per heavy atom. The van der Waals surface area contributed by atoms with E-state index in [4.69, 9.17) is 0 Å². The van der Waals surface area contributed by atoms with E-state index in [1.54, 1.807) is 24.3 Å². The molecule has 1 heterocycles. The van der Waals surface area contributed by atoms with E-state index >= 15 is 0 Å². The fraction of sp³-hybridized carbons (Fsp3) is 0.481. The molecule has 176 valence electrons. The van der Waals surface area contributed by atoms with Crippen LogP contribution in [0.15, 0.2) is 36.4 Å². The molecule has 2 aliphatic rings. The van der Waals surface area contributed by atoms with Crippen LogP contribution in [0.25, 0.3) is 0 Å². The first-order valence-electron chi connectivity index (χ1n) is 11.8. The molecular weight excluding hydrogens is 414 g/mol. The fourth-order valence-corrected chi connectivity index (χ4v) is 5.86.